The number of rotatable bonds is 7. The quantitative estimate of drug-likeness (QED) is 0.371. The number of guanidine groups is 1. The van der Waals surface area contributed by atoms with Crippen LogP contribution in [0.5, 0.6) is 0 Å². The van der Waals surface area contributed by atoms with Crippen molar-refractivity contribution in [3.8, 4) is 0 Å². The molecule has 2 heterocycles. The number of halogens is 1. The van der Waals surface area contributed by atoms with Crippen LogP contribution in [0.15, 0.2) is 28.7 Å². The molecule has 2 rings (SSSR count). The van der Waals surface area contributed by atoms with Crippen LogP contribution >= 0.6 is 46.7 Å². The summed E-state index contributed by atoms with van der Waals surface area (Å²) in [4.78, 5) is 11.5. The molecule has 128 valence electrons. The van der Waals surface area contributed by atoms with Gasteiger partial charge in [-0.1, -0.05) is 19.9 Å². The first-order chi connectivity index (χ1) is 10.7. The molecule has 2 N–H and O–H groups in total. The van der Waals surface area contributed by atoms with Gasteiger partial charge in [-0.2, -0.15) is 0 Å². The average Bonchev–Trinajstić information content (AvgIpc) is 3.21. The number of nitrogens with zero attached hydrogens (tertiary/aromatic N) is 2. The molecule has 2 aromatic rings. The maximum absolute atomic E-state index is 4.44. The molecule has 1 unspecified atom stereocenters. The largest absolute Gasteiger partial charge is 0.356 e. The summed E-state index contributed by atoms with van der Waals surface area (Å²) in [5.41, 5.74) is 0. The third-order valence-corrected chi connectivity index (χ3v) is 5.71. The number of aliphatic imine (C=N–C) groups is 1. The van der Waals surface area contributed by atoms with Crippen LogP contribution in [-0.4, -0.2) is 31.1 Å². The van der Waals surface area contributed by atoms with Gasteiger partial charge in [-0.15, -0.1) is 46.7 Å². The van der Waals surface area contributed by atoms with E-state index in [2.05, 4.69) is 52.0 Å². The highest BCUT2D eigenvalue weighted by Gasteiger charge is 2.07. The Balaban J connectivity index is 0.00000264. The Labute approximate surface area is 163 Å². The molecule has 0 aromatic carbocycles. The van der Waals surface area contributed by atoms with Crippen LogP contribution in [0.1, 0.15) is 34.5 Å². The second-order valence-electron chi connectivity index (χ2n) is 5.12. The zero-order valence-corrected chi connectivity index (χ0v) is 17.8. The smallest absolute Gasteiger partial charge is 0.191 e. The third kappa shape index (κ3) is 6.76. The number of thiophene rings is 1. The van der Waals surface area contributed by atoms with E-state index in [9.17, 15) is 0 Å². The molecule has 0 aliphatic heterocycles. The SMILES string of the molecule is CCc1cnc(CCNC(=NC)NCC(C)c2cccs2)s1.I. The normalized spacial score (nSPS) is 12.6. The van der Waals surface area contributed by atoms with Crippen molar-refractivity contribution >= 4 is 52.6 Å². The molecule has 0 amide bonds. The summed E-state index contributed by atoms with van der Waals surface area (Å²) in [5, 5.41) is 10.1. The number of aryl methyl sites for hydroxylation is 1. The molecule has 4 nitrogen and oxygen atoms in total. The summed E-state index contributed by atoms with van der Waals surface area (Å²) in [6, 6.07) is 4.28. The minimum Gasteiger partial charge on any atom is -0.356 e. The number of nitrogens with one attached hydrogen (secondary N) is 2. The minimum absolute atomic E-state index is 0. The van der Waals surface area contributed by atoms with Crippen molar-refractivity contribution in [1.29, 1.82) is 0 Å². The molecule has 0 radical (unpaired) electrons. The second-order valence-corrected chi connectivity index (χ2v) is 7.30. The van der Waals surface area contributed by atoms with Crippen LogP contribution in [0, 0.1) is 0 Å². The predicted molar refractivity (Wildman–Crippen MR) is 113 cm³/mol. The van der Waals surface area contributed by atoms with Gasteiger partial charge in [0.2, 0.25) is 0 Å². The lowest BCUT2D eigenvalue weighted by molar-refractivity contribution is 0.706. The fourth-order valence-electron chi connectivity index (χ4n) is 2.06. The first-order valence-corrected chi connectivity index (χ1v) is 9.34. The van der Waals surface area contributed by atoms with Crippen molar-refractivity contribution in [3.63, 3.8) is 0 Å². The van der Waals surface area contributed by atoms with Gasteiger partial charge in [-0.25, -0.2) is 4.98 Å². The van der Waals surface area contributed by atoms with Gasteiger partial charge in [-0.3, -0.25) is 4.99 Å². The number of thiazole rings is 1. The average molecular weight is 464 g/mol. The van der Waals surface area contributed by atoms with Gasteiger partial charge in [0.25, 0.3) is 0 Å². The molecule has 7 heteroatoms. The standard InChI is InChI=1S/C16H24N4S2.HI/c1-4-13-11-19-15(22-13)7-8-18-16(17-3)20-10-12(2)14-6-5-9-21-14;/h5-6,9,11-12H,4,7-8,10H2,1-3H3,(H2,17,18,20);1H. The van der Waals surface area contributed by atoms with Crippen molar-refractivity contribution in [1.82, 2.24) is 15.6 Å². The highest BCUT2D eigenvalue weighted by atomic mass is 127. The molecule has 0 aliphatic carbocycles. The highest BCUT2D eigenvalue weighted by Crippen LogP contribution is 2.19. The van der Waals surface area contributed by atoms with E-state index in [1.54, 1.807) is 22.7 Å². The molecule has 1 atom stereocenters. The van der Waals surface area contributed by atoms with Gasteiger partial charge >= 0.3 is 0 Å². The molecule has 0 spiro atoms. The Morgan fingerprint density at radius 2 is 2.22 bits per heavy atom. The van der Waals surface area contributed by atoms with E-state index in [1.807, 2.05) is 13.2 Å². The predicted octanol–water partition coefficient (Wildman–Crippen LogP) is 3.90. The van der Waals surface area contributed by atoms with Crippen LogP contribution in [-0.2, 0) is 12.8 Å². The second kappa shape index (κ2) is 11.0. The van der Waals surface area contributed by atoms with Crippen LogP contribution in [0.4, 0.5) is 0 Å². The third-order valence-electron chi connectivity index (χ3n) is 3.41. The Bertz CT molecular complexity index is 581. The molecule has 0 aliphatic rings. The number of hydrogen-bond donors (Lipinski definition) is 2. The first-order valence-electron chi connectivity index (χ1n) is 7.64. The summed E-state index contributed by atoms with van der Waals surface area (Å²) in [6.45, 7) is 6.13. The summed E-state index contributed by atoms with van der Waals surface area (Å²) in [5.74, 6) is 1.35. The maximum atomic E-state index is 4.44. The van der Waals surface area contributed by atoms with Crippen molar-refractivity contribution < 1.29 is 0 Å². The van der Waals surface area contributed by atoms with Gasteiger partial charge in [0, 0.05) is 48.4 Å². The van der Waals surface area contributed by atoms with Gasteiger partial charge in [-0.05, 0) is 17.9 Å². The van der Waals surface area contributed by atoms with Gasteiger partial charge < -0.3 is 10.6 Å². The van der Waals surface area contributed by atoms with Gasteiger partial charge in [0.15, 0.2) is 5.96 Å². The fourth-order valence-corrected chi connectivity index (χ4v) is 3.71. The molecular weight excluding hydrogens is 439 g/mol. The maximum Gasteiger partial charge on any atom is 0.191 e. The van der Waals surface area contributed by atoms with Crippen LogP contribution in [0.3, 0.4) is 0 Å². The zero-order valence-electron chi connectivity index (χ0n) is 13.8. The van der Waals surface area contributed by atoms with Crippen molar-refractivity contribution in [2.75, 3.05) is 20.1 Å². The molecule has 2 aromatic heterocycles. The van der Waals surface area contributed by atoms with E-state index in [1.165, 1.54) is 14.8 Å². The Hall–Kier alpha value is -0.670. The first kappa shape index (κ1) is 20.4. The van der Waals surface area contributed by atoms with Gasteiger partial charge in [0.1, 0.15) is 0 Å². The number of hydrogen-bond acceptors (Lipinski definition) is 4. The van der Waals surface area contributed by atoms with E-state index < -0.39 is 0 Å². The fraction of sp³-hybridized carbons (Fsp3) is 0.500. The molecule has 23 heavy (non-hydrogen) atoms. The summed E-state index contributed by atoms with van der Waals surface area (Å²) < 4.78 is 0. The Morgan fingerprint density at radius 1 is 1.39 bits per heavy atom. The summed E-state index contributed by atoms with van der Waals surface area (Å²) in [6.07, 6.45) is 3.98. The summed E-state index contributed by atoms with van der Waals surface area (Å²) in [7, 11) is 1.81. The highest BCUT2D eigenvalue weighted by molar-refractivity contribution is 14.0. The van der Waals surface area contributed by atoms with Crippen molar-refractivity contribution in [2.24, 2.45) is 4.99 Å². The topological polar surface area (TPSA) is 49.3 Å². The van der Waals surface area contributed by atoms with Crippen molar-refractivity contribution in [3.05, 3.63) is 38.5 Å². The van der Waals surface area contributed by atoms with E-state index in [0.717, 1.165) is 31.9 Å². The lowest BCUT2D eigenvalue weighted by Gasteiger charge is -2.14. The van der Waals surface area contributed by atoms with E-state index in [0.29, 0.717) is 5.92 Å². The Kier molecular flexibility index (Phi) is 9.73. The van der Waals surface area contributed by atoms with Crippen molar-refractivity contribution in [2.45, 2.75) is 32.6 Å². The van der Waals surface area contributed by atoms with Crippen LogP contribution in [0.2, 0.25) is 0 Å². The van der Waals surface area contributed by atoms with E-state index >= 15 is 0 Å². The molecule has 0 bridgehead atoms. The van der Waals surface area contributed by atoms with Crippen LogP contribution < -0.4 is 10.6 Å². The molecular formula is C16H25IN4S2. The van der Waals surface area contributed by atoms with E-state index in [4.69, 9.17) is 0 Å². The molecule has 0 saturated heterocycles. The minimum atomic E-state index is 0. The summed E-state index contributed by atoms with van der Waals surface area (Å²) >= 11 is 3.60. The van der Waals surface area contributed by atoms with Gasteiger partial charge in [0.05, 0.1) is 5.01 Å². The lowest BCUT2D eigenvalue weighted by Crippen LogP contribution is -2.39. The number of aromatic nitrogens is 1. The molecule has 0 saturated carbocycles. The van der Waals surface area contributed by atoms with E-state index in [-0.39, 0.29) is 24.0 Å². The lowest BCUT2D eigenvalue weighted by atomic mass is 10.1. The van der Waals surface area contributed by atoms with Crippen LogP contribution in [0.25, 0.3) is 0 Å². The zero-order chi connectivity index (χ0) is 15.8. The Morgan fingerprint density at radius 3 is 2.83 bits per heavy atom. The monoisotopic (exact) mass is 464 g/mol. The molecule has 0 fully saturated rings.